The van der Waals surface area contributed by atoms with E-state index >= 15 is 0 Å². The van der Waals surface area contributed by atoms with Gasteiger partial charge in [0.15, 0.2) is 0 Å². The number of imide groups is 1. The molecule has 1 unspecified atom stereocenters. The summed E-state index contributed by atoms with van der Waals surface area (Å²) >= 11 is 0. The van der Waals surface area contributed by atoms with E-state index in [1.165, 1.54) is 11.9 Å². The summed E-state index contributed by atoms with van der Waals surface area (Å²) in [6, 6.07) is -0.468. The van der Waals surface area contributed by atoms with E-state index in [4.69, 9.17) is 5.11 Å². The van der Waals surface area contributed by atoms with E-state index in [0.717, 1.165) is 4.90 Å². The topological polar surface area (TPSA) is 107 Å². The van der Waals surface area contributed by atoms with Gasteiger partial charge in [-0.2, -0.15) is 0 Å². The van der Waals surface area contributed by atoms with Gasteiger partial charge in [0, 0.05) is 20.0 Å². The Balaban J connectivity index is 2.24. The molecule has 1 rings (SSSR count). The van der Waals surface area contributed by atoms with E-state index in [2.05, 4.69) is 5.32 Å². The van der Waals surface area contributed by atoms with E-state index in [9.17, 15) is 19.2 Å². The molecule has 4 amide bonds. The molecule has 8 heteroatoms. The minimum absolute atomic E-state index is 0.00165. The zero-order valence-corrected chi connectivity index (χ0v) is 12.3. The van der Waals surface area contributed by atoms with Gasteiger partial charge >= 0.3 is 12.0 Å². The van der Waals surface area contributed by atoms with Crippen molar-refractivity contribution in [1.82, 2.24) is 15.1 Å². The Morgan fingerprint density at radius 3 is 2.52 bits per heavy atom. The summed E-state index contributed by atoms with van der Waals surface area (Å²) in [5.41, 5.74) is 0. The van der Waals surface area contributed by atoms with Crippen LogP contribution in [0.3, 0.4) is 0 Å². The fourth-order valence-corrected chi connectivity index (χ4v) is 2.00. The van der Waals surface area contributed by atoms with E-state index in [0.29, 0.717) is 19.4 Å². The molecule has 118 valence electrons. The first-order chi connectivity index (χ1) is 9.81. The Bertz CT molecular complexity index is 438. The van der Waals surface area contributed by atoms with Crippen molar-refractivity contribution in [2.45, 2.75) is 26.2 Å². The van der Waals surface area contributed by atoms with Gasteiger partial charge in [-0.05, 0) is 18.8 Å². The summed E-state index contributed by atoms with van der Waals surface area (Å²) in [6.45, 7) is 2.03. The number of amides is 4. The molecule has 0 aliphatic carbocycles. The lowest BCUT2D eigenvalue weighted by molar-refractivity contribution is -0.137. The smallest absolute Gasteiger partial charge is 0.327 e. The third kappa shape index (κ3) is 5.41. The third-order valence-corrected chi connectivity index (χ3v) is 3.34. The highest BCUT2D eigenvalue weighted by Gasteiger charge is 2.34. The first kappa shape index (κ1) is 16.9. The fourth-order valence-electron chi connectivity index (χ4n) is 2.00. The molecule has 1 saturated heterocycles. The molecule has 1 atom stereocenters. The first-order valence-corrected chi connectivity index (χ1v) is 6.85. The van der Waals surface area contributed by atoms with Crippen LogP contribution in [0.15, 0.2) is 0 Å². The molecule has 0 spiro atoms. The molecule has 0 radical (unpaired) electrons. The van der Waals surface area contributed by atoms with Gasteiger partial charge in [-0.1, -0.05) is 6.92 Å². The van der Waals surface area contributed by atoms with Crippen molar-refractivity contribution in [2.75, 3.05) is 26.7 Å². The summed E-state index contributed by atoms with van der Waals surface area (Å²) in [7, 11) is 1.50. The van der Waals surface area contributed by atoms with Crippen LogP contribution in [0.4, 0.5) is 4.79 Å². The molecule has 8 nitrogen and oxygen atoms in total. The SMILES string of the molecule is CC(CCNC(=O)CN1C(=O)CN(C)C1=O)CCC(=O)O. The second-order valence-corrected chi connectivity index (χ2v) is 5.29. The Kier molecular flexibility index (Phi) is 6.13. The maximum absolute atomic E-state index is 11.7. The number of carboxylic acid groups (broad SMARTS) is 1. The van der Waals surface area contributed by atoms with Crippen LogP contribution in [-0.2, 0) is 14.4 Å². The summed E-state index contributed by atoms with van der Waals surface area (Å²) < 4.78 is 0. The molecule has 0 bridgehead atoms. The molecular weight excluding hydrogens is 278 g/mol. The largest absolute Gasteiger partial charge is 0.481 e. The maximum atomic E-state index is 11.7. The van der Waals surface area contributed by atoms with Gasteiger partial charge in [0.1, 0.15) is 13.1 Å². The van der Waals surface area contributed by atoms with Crippen LogP contribution in [-0.4, -0.2) is 65.4 Å². The third-order valence-electron chi connectivity index (χ3n) is 3.34. The number of likely N-dealkylation sites (N-methyl/N-ethyl adjacent to an activating group) is 1. The lowest BCUT2D eigenvalue weighted by Crippen LogP contribution is -2.41. The van der Waals surface area contributed by atoms with Crippen molar-refractivity contribution >= 4 is 23.8 Å². The van der Waals surface area contributed by atoms with Gasteiger partial charge in [-0.15, -0.1) is 0 Å². The van der Waals surface area contributed by atoms with Crippen molar-refractivity contribution < 1.29 is 24.3 Å². The highest BCUT2D eigenvalue weighted by molar-refractivity contribution is 6.04. The van der Waals surface area contributed by atoms with Crippen LogP contribution in [0.2, 0.25) is 0 Å². The number of nitrogens with one attached hydrogen (secondary N) is 1. The summed E-state index contributed by atoms with van der Waals surface area (Å²) in [5, 5.41) is 11.2. The van der Waals surface area contributed by atoms with Crippen LogP contribution < -0.4 is 5.32 Å². The van der Waals surface area contributed by atoms with Crippen molar-refractivity contribution in [2.24, 2.45) is 5.92 Å². The van der Waals surface area contributed by atoms with Crippen molar-refractivity contribution in [3.63, 3.8) is 0 Å². The van der Waals surface area contributed by atoms with Crippen molar-refractivity contribution in [3.05, 3.63) is 0 Å². The lowest BCUT2D eigenvalue weighted by Gasteiger charge is -2.15. The summed E-state index contributed by atoms with van der Waals surface area (Å²) in [6.07, 6.45) is 1.32. The van der Waals surface area contributed by atoms with Gasteiger partial charge < -0.3 is 15.3 Å². The van der Waals surface area contributed by atoms with Gasteiger partial charge in [-0.25, -0.2) is 4.79 Å². The van der Waals surface area contributed by atoms with E-state index in [-0.39, 0.29) is 31.3 Å². The predicted octanol–water partition coefficient (Wildman–Crippen LogP) is -0.112. The van der Waals surface area contributed by atoms with Crippen LogP contribution in [0.5, 0.6) is 0 Å². The van der Waals surface area contributed by atoms with Crippen LogP contribution in [0.25, 0.3) is 0 Å². The second-order valence-electron chi connectivity index (χ2n) is 5.29. The number of urea groups is 1. The number of rotatable bonds is 8. The molecule has 0 aromatic rings. The molecule has 1 aliphatic rings. The second kappa shape index (κ2) is 7.61. The summed E-state index contributed by atoms with van der Waals surface area (Å²) in [4.78, 5) is 47.3. The molecule has 2 N–H and O–H groups in total. The zero-order valence-electron chi connectivity index (χ0n) is 12.3. The average molecular weight is 299 g/mol. The number of nitrogens with zero attached hydrogens (tertiary/aromatic N) is 2. The molecule has 21 heavy (non-hydrogen) atoms. The molecule has 0 aromatic heterocycles. The highest BCUT2D eigenvalue weighted by atomic mass is 16.4. The number of carboxylic acids is 1. The molecule has 1 fully saturated rings. The Labute approximate surface area is 123 Å². The van der Waals surface area contributed by atoms with Gasteiger partial charge in [0.05, 0.1) is 0 Å². The Hall–Kier alpha value is -2.12. The number of aliphatic carboxylic acids is 1. The molecule has 1 aliphatic heterocycles. The quantitative estimate of drug-likeness (QED) is 0.608. The zero-order chi connectivity index (χ0) is 16.0. The van der Waals surface area contributed by atoms with Gasteiger partial charge in [0.25, 0.3) is 5.91 Å². The molecule has 0 saturated carbocycles. The number of hydrogen-bond acceptors (Lipinski definition) is 4. The monoisotopic (exact) mass is 299 g/mol. The minimum Gasteiger partial charge on any atom is -0.481 e. The first-order valence-electron chi connectivity index (χ1n) is 6.85. The number of carbonyl (C=O) groups is 4. The van der Waals surface area contributed by atoms with E-state index < -0.39 is 17.9 Å². The Morgan fingerprint density at radius 1 is 1.33 bits per heavy atom. The number of hydrogen-bond donors (Lipinski definition) is 2. The summed E-state index contributed by atoms with van der Waals surface area (Å²) in [5.74, 6) is -1.42. The standard InChI is InChI=1S/C13H21N3O5/c1-9(3-4-12(19)20)5-6-14-10(17)7-16-11(18)8-15(2)13(16)21/h9H,3-8H2,1-2H3,(H,14,17)(H,19,20). The van der Waals surface area contributed by atoms with Crippen molar-refractivity contribution in [1.29, 1.82) is 0 Å². The average Bonchev–Trinajstić information content (AvgIpc) is 2.63. The lowest BCUT2D eigenvalue weighted by atomic mass is 10.0. The Morgan fingerprint density at radius 2 is 2.00 bits per heavy atom. The molecular formula is C13H21N3O5. The van der Waals surface area contributed by atoms with Crippen LogP contribution in [0, 0.1) is 5.92 Å². The number of carbonyl (C=O) groups excluding carboxylic acids is 3. The van der Waals surface area contributed by atoms with E-state index in [1.807, 2.05) is 6.92 Å². The normalized spacial score (nSPS) is 16.3. The predicted molar refractivity (Wildman–Crippen MR) is 73.4 cm³/mol. The van der Waals surface area contributed by atoms with Gasteiger partial charge in [0.2, 0.25) is 5.91 Å². The van der Waals surface area contributed by atoms with Crippen LogP contribution >= 0.6 is 0 Å². The molecule has 0 aromatic carbocycles. The molecule has 1 heterocycles. The van der Waals surface area contributed by atoms with E-state index in [1.54, 1.807) is 0 Å². The van der Waals surface area contributed by atoms with Crippen LogP contribution in [0.1, 0.15) is 26.2 Å². The fraction of sp³-hybridized carbons (Fsp3) is 0.692. The van der Waals surface area contributed by atoms with Gasteiger partial charge in [-0.3, -0.25) is 19.3 Å². The minimum atomic E-state index is -0.832. The highest BCUT2D eigenvalue weighted by Crippen LogP contribution is 2.09. The maximum Gasteiger partial charge on any atom is 0.327 e. The van der Waals surface area contributed by atoms with Crippen molar-refractivity contribution in [3.8, 4) is 0 Å².